The standard InChI is InChI=1S/C16H18ClN3O2/c1-11-8-18-16(19-11)12-6-7-20(9-12)15(21)10-22-14-5-3-2-4-13(14)17/h2-5,8,12H,6-7,9-10H2,1H3,(H,18,19). The van der Waals surface area contributed by atoms with E-state index in [1.54, 1.807) is 12.1 Å². The molecule has 0 spiro atoms. The normalized spacial score (nSPS) is 17.7. The summed E-state index contributed by atoms with van der Waals surface area (Å²) < 4.78 is 5.51. The molecule has 1 aromatic carbocycles. The number of para-hydroxylation sites is 1. The van der Waals surface area contributed by atoms with Crippen LogP contribution in [0.3, 0.4) is 0 Å². The van der Waals surface area contributed by atoms with Gasteiger partial charge in [0.1, 0.15) is 11.6 Å². The molecule has 1 fully saturated rings. The maximum absolute atomic E-state index is 12.2. The molecule has 1 atom stereocenters. The van der Waals surface area contributed by atoms with Crippen molar-refractivity contribution in [1.82, 2.24) is 14.9 Å². The van der Waals surface area contributed by atoms with E-state index in [-0.39, 0.29) is 18.4 Å². The highest BCUT2D eigenvalue weighted by atomic mass is 35.5. The van der Waals surface area contributed by atoms with Gasteiger partial charge in [-0.15, -0.1) is 0 Å². The minimum atomic E-state index is -0.0225. The third kappa shape index (κ3) is 3.25. The van der Waals surface area contributed by atoms with Crippen molar-refractivity contribution in [3.8, 4) is 5.75 Å². The Balaban J connectivity index is 1.54. The molecule has 0 saturated carbocycles. The third-order valence-electron chi connectivity index (χ3n) is 3.84. The quantitative estimate of drug-likeness (QED) is 0.942. The molecule has 6 heteroatoms. The number of hydrogen-bond donors (Lipinski definition) is 1. The summed E-state index contributed by atoms with van der Waals surface area (Å²) in [7, 11) is 0. The molecular formula is C16H18ClN3O2. The molecule has 2 aromatic rings. The number of nitrogens with one attached hydrogen (secondary N) is 1. The van der Waals surface area contributed by atoms with Gasteiger partial charge in [0.15, 0.2) is 6.61 Å². The van der Waals surface area contributed by atoms with Crippen LogP contribution >= 0.6 is 11.6 Å². The average molecular weight is 320 g/mol. The largest absolute Gasteiger partial charge is 0.482 e. The predicted molar refractivity (Wildman–Crippen MR) is 84.2 cm³/mol. The van der Waals surface area contributed by atoms with E-state index in [0.717, 1.165) is 24.5 Å². The summed E-state index contributed by atoms with van der Waals surface area (Å²) in [5.74, 6) is 1.75. The Labute approximate surface area is 134 Å². The molecule has 2 heterocycles. The number of amides is 1. The Morgan fingerprint density at radius 1 is 1.50 bits per heavy atom. The Bertz CT molecular complexity index is 671. The van der Waals surface area contributed by atoms with Crippen LogP contribution < -0.4 is 4.74 Å². The molecule has 3 rings (SSSR count). The van der Waals surface area contributed by atoms with Crippen molar-refractivity contribution in [1.29, 1.82) is 0 Å². The van der Waals surface area contributed by atoms with Gasteiger partial charge in [-0.25, -0.2) is 4.98 Å². The number of nitrogens with zero attached hydrogens (tertiary/aromatic N) is 2. The zero-order chi connectivity index (χ0) is 15.5. The monoisotopic (exact) mass is 319 g/mol. The van der Waals surface area contributed by atoms with Crippen LogP contribution in [0.15, 0.2) is 30.5 Å². The number of benzene rings is 1. The van der Waals surface area contributed by atoms with Crippen molar-refractivity contribution < 1.29 is 9.53 Å². The molecule has 0 bridgehead atoms. The van der Waals surface area contributed by atoms with Crippen LogP contribution in [0.2, 0.25) is 5.02 Å². The maximum Gasteiger partial charge on any atom is 0.260 e. The first-order valence-electron chi connectivity index (χ1n) is 7.30. The smallest absolute Gasteiger partial charge is 0.260 e. The second-order valence-corrected chi connectivity index (χ2v) is 5.90. The van der Waals surface area contributed by atoms with Crippen LogP contribution in [0.25, 0.3) is 0 Å². The molecule has 0 aliphatic carbocycles. The number of halogens is 1. The number of rotatable bonds is 4. The Morgan fingerprint density at radius 2 is 2.32 bits per heavy atom. The van der Waals surface area contributed by atoms with Gasteiger partial charge in [-0.05, 0) is 25.5 Å². The zero-order valence-corrected chi connectivity index (χ0v) is 13.1. The highest BCUT2D eigenvalue weighted by Gasteiger charge is 2.29. The zero-order valence-electron chi connectivity index (χ0n) is 12.4. The number of hydrogen-bond acceptors (Lipinski definition) is 3. The second kappa shape index (κ2) is 6.40. The first-order chi connectivity index (χ1) is 10.6. The molecule has 1 aromatic heterocycles. The number of H-pyrrole nitrogens is 1. The number of ether oxygens (including phenoxy) is 1. The van der Waals surface area contributed by atoms with Gasteiger partial charge in [0, 0.05) is 30.9 Å². The number of imidazole rings is 1. The summed E-state index contributed by atoms with van der Waals surface area (Å²) in [6.45, 7) is 3.40. The van der Waals surface area contributed by atoms with E-state index in [0.29, 0.717) is 17.3 Å². The Kier molecular flexibility index (Phi) is 4.34. The number of aryl methyl sites for hydroxylation is 1. The SMILES string of the molecule is Cc1cnc(C2CCN(C(=O)COc3ccccc3Cl)C2)[nH]1. The minimum Gasteiger partial charge on any atom is -0.482 e. The Morgan fingerprint density at radius 3 is 3.05 bits per heavy atom. The molecule has 1 saturated heterocycles. The summed E-state index contributed by atoms with van der Waals surface area (Å²) in [5, 5.41) is 0.514. The lowest BCUT2D eigenvalue weighted by Gasteiger charge is -2.16. The maximum atomic E-state index is 12.2. The first-order valence-corrected chi connectivity index (χ1v) is 7.68. The van der Waals surface area contributed by atoms with E-state index < -0.39 is 0 Å². The van der Waals surface area contributed by atoms with Crippen molar-refractivity contribution in [2.24, 2.45) is 0 Å². The lowest BCUT2D eigenvalue weighted by atomic mass is 10.1. The summed E-state index contributed by atoms with van der Waals surface area (Å²) in [5.41, 5.74) is 1.04. The summed E-state index contributed by atoms with van der Waals surface area (Å²) >= 11 is 6.01. The molecule has 5 nitrogen and oxygen atoms in total. The van der Waals surface area contributed by atoms with Crippen molar-refractivity contribution in [2.45, 2.75) is 19.3 Å². The van der Waals surface area contributed by atoms with Gasteiger partial charge in [0.05, 0.1) is 5.02 Å². The lowest BCUT2D eigenvalue weighted by Crippen LogP contribution is -2.33. The molecule has 1 amide bonds. The van der Waals surface area contributed by atoms with Gasteiger partial charge < -0.3 is 14.6 Å². The minimum absolute atomic E-state index is 0.00758. The molecule has 1 N–H and O–H groups in total. The molecule has 1 aliphatic heterocycles. The van der Waals surface area contributed by atoms with Crippen LogP contribution in [0.5, 0.6) is 5.75 Å². The number of aromatic nitrogens is 2. The summed E-state index contributed by atoms with van der Waals surface area (Å²) in [4.78, 5) is 21.7. The van der Waals surface area contributed by atoms with E-state index >= 15 is 0 Å². The van der Waals surface area contributed by atoms with Gasteiger partial charge in [-0.1, -0.05) is 23.7 Å². The fourth-order valence-electron chi connectivity index (χ4n) is 2.64. The van der Waals surface area contributed by atoms with Gasteiger partial charge in [0.25, 0.3) is 5.91 Å². The first kappa shape index (κ1) is 14.9. The van der Waals surface area contributed by atoms with E-state index in [9.17, 15) is 4.79 Å². The summed E-state index contributed by atoms with van der Waals surface area (Å²) in [6.07, 6.45) is 2.74. The number of carbonyl (C=O) groups excluding carboxylic acids is 1. The van der Waals surface area contributed by atoms with Crippen LogP contribution in [0.1, 0.15) is 23.9 Å². The van der Waals surface area contributed by atoms with Gasteiger partial charge in [-0.2, -0.15) is 0 Å². The van der Waals surface area contributed by atoms with E-state index in [2.05, 4.69) is 9.97 Å². The molecule has 1 unspecified atom stereocenters. The van der Waals surface area contributed by atoms with Crippen LogP contribution in [0.4, 0.5) is 0 Å². The predicted octanol–water partition coefficient (Wildman–Crippen LogP) is 2.77. The fraction of sp³-hybridized carbons (Fsp3) is 0.375. The Hall–Kier alpha value is -2.01. The van der Waals surface area contributed by atoms with E-state index in [4.69, 9.17) is 16.3 Å². The van der Waals surface area contributed by atoms with Crippen molar-refractivity contribution in [3.63, 3.8) is 0 Å². The molecular weight excluding hydrogens is 302 g/mol. The highest BCUT2D eigenvalue weighted by molar-refractivity contribution is 6.32. The average Bonchev–Trinajstić information content (AvgIpc) is 3.15. The van der Waals surface area contributed by atoms with Gasteiger partial charge in [-0.3, -0.25) is 4.79 Å². The molecule has 0 radical (unpaired) electrons. The van der Waals surface area contributed by atoms with Gasteiger partial charge >= 0.3 is 0 Å². The van der Waals surface area contributed by atoms with Crippen molar-refractivity contribution >= 4 is 17.5 Å². The van der Waals surface area contributed by atoms with Crippen LogP contribution in [-0.4, -0.2) is 40.5 Å². The van der Waals surface area contributed by atoms with Crippen LogP contribution in [-0.2, 0) is 4.79 Å². The molecule has 1 aliphatic rings. The second-order valence-electron chi connectivity index (χ2n) is 5.50. The fourth-order valence-corrected chi connectivity index (χ4v) is 2.83. The molecule has 22 heavy (non-hydrogen) atoms. The topological polar surface area (TPSA) is 58.2 Å². The van der Waals surface area contributed by atoms with E-state index in [1.165, 1.54) is 0 Å². The molecule has 116 valence electrons. The number of likely N-dealkylation sites (tertiary alicyclic amines) is 1. The lowest BCUT2D eigenvalue weighted by molar-refractivity contribution is -0.132. The third-order valence-corrected chi connectivity index (χ3v) is 4.15. The number of aromatic amines is 1. The highest BCUT2D eigenvalue weighted by Crippen LogP contribution is 2.26. The van der Waals surface area contributed by atoms with Crippen molar-refractivity contribution in [3.05, 3.63) is 47.0 Å². The van der Waals surface area contributed by atoms with Crippen molar-refractivity contribution in [2.75, 3.05) is 19.7 Å². The number of carbonyl (C=O) groups is 1. The van der Waals surface area contributed by atoms with E-state index in [1.807, 2.05) is 30.2 Å². The van der Waals surface area contributed by atoms with Gasteiger partial charge in [0.2, 0.25) is 0 Å². The summed E-state index contributed by atoms with van der Waals surface area (Å²) in [6, 6.07) is 7.16. The van der Waals surface area contributed by atoms with Crippen LogP contribution in [0, 0.1) is 6.92 Å².